The molecule has 94 valence electrons. The highest BCUT2D eigenvalue weighted by Gasteiger charge is 2.18. The van der Waals surface area contributed by atoms with Gasteiger partial charge in [0, 0.05) is 17.1 Å². The summed E-state index contributed by atoms with van der Waals surface area (Å²) < 4.78 is 4.60. The number of ether oxygens (including phenoxy) is 1. The van der Waals surface area contributed by atoms with Crippen LogP contribution in [0.15, 0.2) is 18.3 Å². The lowest BCUT2D eigenvalue weighted by Crippen LogP contribution is -2.04. The highest BCUT2D eigenvalue weighted by atomic mass is 35.5. The standard InChI is InChI=1S/C12H9Cl2NO3/c1-18-9(16)4-6-5-15-8-3-2-7(13)11(10(6)8)12(14)17/h2-3,5,15H,4H2,1H3. The molecule has 0 atom stereocenters. The molecule has 1 aromatic heterocycles. The first kappa shape index (κ1) is 12.9. The van der Waals surface area contributed by atoms with Gasteiger partial charge in [-0.05, 0) is 29.3 Å². The van der Waals surface area contributed by atoms with E-state index in [0.717, 1.165) is 0 Å². The summed E-state index contributed by atoms with van der Waals surface area (Å²) in [5.74, 6) is -0.399. The van der Waals surface area contributed by atoms with Gasteiger partial charge in [-0.2, -0.15) is 0 Å². The van der Waals surface area contributed by atoms with Gasteiger partial charge in [-0.15, -0.1) is 0 Å². The van der Waals surface area contributed by atoms with E-state index in [1.165, 1.54) is 7.11 Å². The van der Waals surface area contributed by atoms with Crippen LogP contribution in [0, 0.1) is 0 Å². The summed E-state index contributed by atoms with van der Waals surface area (Å²) in [5, 5.41) is 0.164. The van der Waals surface area contributed by atoms with Crippen LogP contribution >= 0.6 is 23.2 Å². The zero-order valence-electron chi connectivity index (χ0n) is 9.42. The number of aromatic nitrogens is 1. The number of esters is 1. The molecular formula is C12H9Cl2NO3. The number of methoxy groups -OCH3 is 1. The third-order valence-corrected chi connectivity index (χ3v) is 3.14. The third kappa shape index (κ3) is 2.21. The van der Waals surface area contributed by atoms with E-state index in [2.05, 4.69) is 9.72 Å². The van der Waals surface area contributed by atoms with Crippen molar-refractivity contribution in [1.82, 2.24) is 4.98 Å². The average Bonchev–Trinajstić information content (AvgIpc) is 2.71. The van der Waals surface area contributed by atoms with E-state index in [0.29, 0.717) is 16.5 Å². The van der Waals surface area contributed by atoms with Crippen molar-refractivity contribution in [3.63, 3.8) is 0 Å². The van der Waals surface area contributed by atoms with Gasteiger partial charge < -0.3 is 9.72 Å². The molecule has 0 saturated carbocycles. The first-order chi connectivity index (χ1) is 8.54. The van der Waals surface area contributed by atoms with Crippen LogP contribution in [0.2, 0.25) is 5.02 Å². The van der Waals surface area contributed by atoms with Crippen molar-refractivity contribution < 1.29 is 14.3 Å². The Morgan fingerprint density at radius 3 is 2.72 bits per heavy atom. The summed E-state index contributed by atoms with van der Waals surface area (Å²) in [6, 6.07) is 3.31. The van der Waals surface area contributed by atoms with Crippen molar-refractivity contribution in [2.75, 3.05) is 7.11 Å². The Kier molecular flexibility index (Phi) is 3.59. The summed E-state index contributed by atoms with van der Waals surface area (Å²) in [6.07, 6.45) is 1.69. The maximum atomic E-state index is 11.4. The molecule has 0 unspecified atom stereocenters. The third-order valence-electron chi connectivity index (χ3n) is 2.64. The zero-order chi connectivity index (χ0) is 13.3. The number of halogens is 2. The number of benzene rings is 1. The first-order valence-electron chi connectivity index (χ1n) is 5.09. The second kappa shape index (κ2) is 5.00. The normalized spacial score (nSPS) is 10.6. The summed E-state index contributed by atoms with van der Waals surface area (Å²) in [6.45, 7) is 0. The lowest BCUT2D eigenvalue weighted by atomic mass is 10.1. The van der Waals surface area contributed by atoms with Crippen LogP contribution in [0.4, 0.5) is 0 Å². The first-order valence-corrected chi connectivity index (χ1v) is 5.85. The molecule has 0 saturated heterocycles. The van der Waals surface area contributed by atoms with Crippen molar-refractivity contribution in [1.29, 1.82) is 0 Å². The minimum atomic E-state index is -0.656. The maximum Gasteiger partial charge on any atom is 0.310 e. The fourth-order valence-corrected chi connectivity index (χ4v) is 2.32. The molecule has 6 heteroatoms. The van der Waals surface area contributed by atoms with Gasteiger partial charge in [-0.1, -0.05) is 11.6 Å². The Morgan fingerprint density at radius 2 is 2.11 bits per heavy atom. The Hall–Kier alpha value is -1.52. The van der Waals surface area contributed by atoms with Gasteiger partial charge in [0.15, 0.2) is 0 Å². The maximum absolute atomic E-state index is 11.4. The molecule has 1 N–H and O–H groups in total. The van der Waals surface area contributed by atoms with Gasteiger partial charge in [-0.3, -0.25) is 9.59 Å². The lowest BCUT2D eigenvalue weighted by Gasteiger charge is -2.04. The molecule has 2 rings (SSSR count). The number of nitrogens with one attached hydrogen (secondary N) is 1. The summed E-state index contributed by atoms with van der Waals surface area (Å²) in [7, 11) is 1.30. The number of aromatic amines is 1. The lowest BCUT2D eigenvalue weighted by molar-refractivity contribution is -0.139. The molecule has 0 amide bonds. The van der Waals surface area contributed by atoms with Gasteiger partial charge in [0.1, 0.15) is 0 Å². The highest BCUT2D eigenvalue weighted by Crippen LogP contribution is 2.30. The van der Waals surface area contributed by atoms with Crippen molar-refractivity contribution in [3.05, 3.63) is 34.5 Å². The summed E-state index contributed by atoms with van der Waals surface area (Å²) >= 11 is 11.5. The number of fused-ring (bicyclic) bond motifs is 1. The van der Waals surface area contributed by atoms with Gasteiger partial charge in [-0.25, -0.2) is 0 Å². The minimum Gasteiger partial charge on any atom is -0.469 e. The molecule has 0 aliphatic heterocycles. The molecule has 4 nitrogen and oxygen atoms in total. The number of carbonyl (C=O) groups is 2. The second-order valence-corrected chi connectivity index (χ2v) is 4.44. The molecule has 0 spiro atoms. The van der Waals surface area contributed by atoms with Gasteiger partial charge in [0.2, 0.25) is 0 Å². The van der Waals surface area contributed by atoms with Crippen LogP contribution in [0.25, 0.3) is 10.9 Å². The number of H-pyrrole nitrogens is 1. The fourth-order valence-electron chi connectivity index (χ4n) is 1.83. The molecule has 1 aromatic carbocycles. The van der Waals surface area contributed by atoms with Crippen LogP contribution in [0.5, 0.6) is 0 Å². The Bertz CT molecular complexity index is 634. The van der Waals surface area contributed by atoms with Gasteiger partial charge in [0.25, 0.3) is 5.24 Å². The number of hydrogen-bond acceptors (Lipinski definition) is 3. The van der Waals surface area contributed by atoms with Gasteiger partial charge in [0.05, 0.1) is 24.1 Å². The Labute approximate surface area is 113 Å². The van der Waals surface area contributed by atoms with Crippen molar-refractivity contribution in [3.8, 4) is 0 Å². The molecule has 0 aliphatic rings. The fraction of sp³-hybridized carbons (Fsp3) is 0.167. The quantitative estimate of drug-likeness (QED) is 0.697. The van der Waals surface area contributed by atoms with Crippen molar-refractivity contribution in [2.45, 2.75) is 6.42 Å². The monoisotopic (exact) mass is 285 g/mol. The smallest absolute Gasteiger partial charge is 0.310 e. The molecular weight excluding hydrogens is 277 g/mol. The topological polar surface area (TPSA) is 59.2 Å². The van der Waals surface area contributed by atoms with Crippen molar-refractivity contribution in [2.24, 2.45) is 0 Å². The molecule has 18 heavy (non-hydrogen) atoms. The molecule has 0 bridgehead atoms. The number of carbonyl (C=O) groups excluding carboxylic acids is 2. The molecule has 1 heterocycles. The Balaban J connectivity index is 2.65. The predicted octanol–water partition coefficient (Wildman–Crippen LogP) is 2.92. The van der Waals surface area contributed by atoms with Crippen LogP contribution < -0.4 is 0 Å². The summed E-state index contributed by atoms with van der Waals surface area (Å²) in [4.78, 5) is 25.7. The number of rotatable bonds is 3. The van der Waals surface area contributed by atoms with Crippen LogP contribution in [0.3, 0.4) is 0 Å². The van der Waals surface area contributed by atoms with E-state index < -0.39 is 11.2 Å². The molecule has 2 aromatic rings. The molecule has 0 aliphatic carbocycles. The highest BCUT2D eigenvalue weighted by molar-refractivity contribution is 6.69. The van der Waals surface area contributed by atoms with Crippen LogP contribution in [0.1, 0.15) is 15.9 Å². The van der Waals surface area contributed by atoms with E-state index >= 15 is 0 Å². The van der Waals surface area contributed by atoms with E-state index in [-0.39, 0.29) is 17.0 Å². The predicted molar refractivity (Wildman–Crippen MR) is 69.2 cm³/mol. The Morgan fingerprint density at radius 1 is 1.39 bits per heavy atom. The SMILES string of the molecule is COC(=O)Cc1c[nH]c2ccc(Cl)c(C(=O)Cl)c12. The number of hydrogen-bond donors (Lipinski definition) is 1. The zero-order valence-corrected chi connectivity index (χ0v) is 10.9. The largest absolute Gasteiger partial charge is 0.469 e. The minimum absolute atomic E-state index is 0.0496. The summed E-state index contributed by atoms with van der Waals surface area (Å²) in [5.41, 5.74) is 1.53. The van der Waals surface area contributed by atoms with Crippen molar-refractivity contribution >= 4 is 45.3 Å². The van der Waals surface area contributed by atoms with Crippen LogP contribution in [-0.2, 0) is 16.0 Å². The van der Waals surface area contributed by atoms with Gasteiger partial charge >= 0.3 is 5.97 Å². The molecule has 0 radical (unpaired) electrons. The molecule has 0 fully saturated rings. The second-order valence-electron chi connectivity index (χ2n) is 3.69. The van der Waals surface area contributed by atoms with E-state index in [1.54, 1.807) is 18.3 Å². The van der Waals surface area contributed by atoms with E-state index in [1.807, 2.05) is 0 Å². The average molecular weight is 286 g/mol. The van der Waals surface area contributed by atoms with Crippen LogP contribution in [-0.4, -0.2) is 23.3 Å². The van der Waals surface area contributed by atoms with E-state index in [9.17, 15) is 9.59 Å². The van der Waals surface area contributed by atoms with E-state index in [4.69, 9.17) is 23.2 Å².